The smallest absolute Gasteiger partial charge is 0.203 e. The molecule has 0 aliphatic carbocycles. The molecular weight excluding hydrogens is 254 g/mol. The van der Waals surface area contributed by atoms with Gasteiger partial charge in [0.25, 0.3) is 0 Å². The fourth-order valence-electron chi connectivity index (χ4n) is 2.92. The SMILES string of the molecule is CCN1CCC(c2cc(OC)c(OC)c(OC)c2)CC1. The first kappa shape index (κ1) is 15.0. The van der Waals surface area contributed by atoms with E-state index in [0.717, 1.165) is 31.1 Å². The fraction of sp³-hybridized carbons (Fsp3) is 0.625. The van der Waals surface area contributed by atoms with Crippen LogP contribution in [0, 0.1) is 0 Å². The van der Waals surface area contributed by atoms with Gasteiger partial charge in [-0.15, -0.1) is 0 Å². The predicted molar refractivity (Wildman–Crippen MR) is 80.2 cm³/mol. The van der Waals surface area contributed by atoms with Gasteiger partial charge in [-0.3, -0.25) is 0 Å². The normalized spacial score (nSPS) is 17.0. The molecule has 1 saturated heterocycles. The highest BCUT2D eigenvalue weighted by atomic mass is 16.5. The average molecular weight is 279 g/mol. The largest absolute Gasteiger partial charge is 0.493 e. The molecule has 0 spiro atoms. The number of benzene rings is 1. The molecule has 1 heterocycles. The van der Waals surface area contributed by atoms with Crippen LogP contribution in [0.3, 0.4) is 0 Å². The molecule has 4 nitrogen and oxygen atoms in total. The summed E-state index contributed by atoms with van der Waals surface area (Å²) in [4.78, 5) is 2.49. The fourth-order valence-corrected chi connectivity index (χ4v) is 2.92. The van der Waals surface area contributed by atoms with Gasteiger partial charge in [0.2, 0.25) is 5.75 Å². The molecule has 1 aromatic rings. The first-order chi connectivity index (χ1) is 9.73. The minimum atomic E-state index is 0.575. The number of ether oxygens (including phenoxy) is 3. The molecule has 0 amide bonds. The van der Waals surface area contributed by atoms with Crippen LogP contribution in [0.1, 0.15) is 31.2 Å². The van der Waals surface area contributed by atoms with Gasteiger partial charge in [0.05, 0.1) is 21.3 Å². The summed E-state index contributed by atoms with van der Waals surface area (Å²) in [5.41, 5.74) is 1.29. The standard InChI is InChI=1S/C16H25NO3/c1-5-17-8-6-12(7-9-17)13-10-14(18-2)16(20-4)15(11-13)19-3/h10-12H,5-9H2,1-4H3. The summed E-state index contributed by atoms with van der Waals surface area (Å²) in [5, 5.41) is 0. The maximum Gasteiger partial charge on any atom is 0.203 e. The zero-order valence-corrected chi connectivity index (χ0v) is 12.9. The van der Waals surface area contributed by atoms with Gasteiger partial charge in [0, 0.05) is 0 Å². The Morgan fingerprint density at radius 1 is 1.00 bits per heavy atom. The maximum atomic E-state index is 5.44. The third-order valence-corrected chi connectivity index (χ3v) is 4.19. The molecule has 1 fully saturated rings. The number of methoxy groups -OCH3 is 3. The molecule has 0 saturated carbocycles. The van der Waals surface area contributed by atoms with Crippen molar-refractivity contribution in [2.24, 2.45) is 0 Å². The van der Waals surface area contributed by atoms with E-state index < -0.39 is 0 Å². The van der Waals surface area contributed by atoms with Gasteiger partial charge in [-0.25, -0.2) is 0 Å². The minimum Gasteiger partial charge on any atom is -0.493 e. The molecule has 0 radical (unpaired) electrons. The van der Waals surface area contributed by atoms with E-state index in [0.29, 0.717) is 11.7 Å². The van der Waals surface area contributed by atoms with Crippen LogP contribution < -0.4 is 14.2 Å². The quantitative estimate of drug-likeness (QED) is 0.829. The summed E-state index contributed by atoms with van der Waals surface area (Å²) in [5.74, 6) is 2.75. The number of nitrogens with zero attached hydrogens (tertiary/aromatic N) is 1. The Morgan fingerprint density at radius 3 is 1.95 bits per heavy atom. The summed E-state index contributed by atoms with van der Waals surface area (Å²) in [6, 6.07) is 4.18. The van der Waals surface area contributed by atoms with E-state index in [1.807, 2.05) is 0 Å². The minimum absolute atomic E-state index is 0.575. The van der Waals surface area contributed by atoms with Crippen LogP contribution in [0.2, 0.25) is 0 Å². The van der Waals surface area contributed by atoms with Gasteiger partial charge < -0.3 is 19.1 Å². The lowest BCUT2D eigenvalue weighted by Crippen LogP contribution is -2.32. The second kappa shape index (κ2) is 6.84. The van der Waals surface area contributed by atoms with Gasteiger partial charge >= 0.3 is 0 Å². The maximum absolute atomic E-state index is 5.44. The molecular formula is C16H25NO3. The molecule has 0 aromatic heterocycles. The van der Waals surface area contributed by atoms with Crippen molar-refractivity contribution in [3.63, 3.8) is 0 Å². The summed E-state index contributed by atoms with van der Waals surface area (Å²) in [7, 11) is 4.97. The molecule has 0 N–H and O–H groups in total. The van der Waals surface area contributed by atoms with E-state index in [2.05, 4.69) is 24.0 Å². The van der Waals surface area contributed by atoms with Gasteiger partial charge in [0.15, 0.2) is 11.5 Å². The molecule has 1 aliphatic heterocycles. The second-order valence-corrected chi connectivity index (χ2v) is 5.17. The molecule has 0 unspecified atom stereocenters. The van der Waals surface area contributed by atoms with E-state index >= 15 is 0 Å². The first-order valence-corrected chi connectivity index (χ1v) is 7.25. The third-order valence-electron chi connectivity index (χ3n) is 4.19. The topological polar surface area (TPSA) is 30.9 Å². The zero-order valence-electron chi connectivity index (χ0n) is 12.9. The number of rotatable bonds is 5. The van der Waals surface area contributed by atoms with Crippen LogP contribution in [0.15, 0.2) is 12.1 Å². The van der Waals surface area contributed by atoms with Crippen molar-refractivity contribution in [1.29, 1.82) is 0 Å². The molecule has 4 heteroatoms. The van der Waals surface area contributed by atoms with Crippen molar-refractivity contribution in [2.45, 2.75) is 25.7 Å². The van der Waals surface area contributed by atoms with Crippen molar-refractivity contribution in [2.75, 3.05) is 41.0 Å². The van der Waals surface area contributed by atoms with Gasteiger partial charge in [-0.1, -0.05) is 6.92 Å². The predicted octanol–water partition coefficient (Wildman–Crippen LogP) is 2.91. The van der Waals surface area contributed by atoms with Crippen LogP contribution in [-0.4, -0.2) is 45.9 Å². The Morgan fingerprint density at radius 2 is 1.55 bits per heavy atom. The number of hydrogen-bond donors (Lipinski definition) is 0. The van der Waals surface area contributed by atoms with Crippen LogP contribution >= 0.6 is 0 Å². The summed E-state index contributed by atoms with van der Waals surface area (Å²) >= 11 is 0. The summed E-state index contributed by atoms with van der Waals surface area (Å²) < 4.78 is 16.3. The molecule has 1 aliphatic rings. The van der Waals surface area contributed by atoms with Crippen molar-refractivity contribution < 1.29 is 14.2 Å². The van der Waals surface area contributed by atoms with Crippen LogP contribution in [0.25, 0.3) is 0 Å². The highest BCUT2D eigenvalue weighted by Gasteiger charge is 2.22. The highest BCUT2D eigenvalue weighted by Crippen LogP contribution is 2.41. The summed E-state index contributed by atoms with van der Waals surface area (Å²) in [6.45, 7) is 5.69. The molecule has 0 bridgehead atoms. The monoisotopic (exact) mass is 279 g/mol. The Kier molecular flexibility index (Phi) is 5.12. The molecule has 20 heavy (non-hydrogen) atoms. The summed E-state index contributed by atoms with van der Waals surface area (Å²) in [6.07, 6.45) is 2.37. The Labute approximate surface area is 121 Å². The van der Waals surface area contributed by atoms with Crippen LogP contribution in [-0.2, 0) is 0 Å². The van der Waals surface area contributed by atoms with Gasteiger partial charge in [-0.2, -0.15) is 0 Å². The lowest BCUT2D eigenvalue weighted by molar-refractivity contribution is 0.222. The first-order valence-electron chi connectivity index (χ1n) is 7.25. The molecule has 1 aromatic carbocycles. The van der Waals surface area contributed by atoms with Crippen molar-refractivity contribution in [3.05, 3.63) is 17.7 Å². The molecule has 0 atom stereocenters. The van der Waals surface area contributed by atoms with Crippen molar-refractivity contribution in [1.82, 2.24) is 4.90 Å². The highest BCUT2D eigenvalue weighted by molar-refractivity contribution is 5.54. The Hall–Kier alpha value is -1.42. The van der Waals surface area contributed by atoms with Crippen LogP contribution in [0.5, 0.6) is 17.2 Å². The third kappa shape index (κ3) is 3.01. The zero-order chi connectivity index (χ0) is 14.5. The van der Waals surface area contributed by atoms with E-state index in [1.54, 1.807) is 21.3 Å². The molecule has 112 valence electrons. The van der Waals surface area contributed by atoms with Gasteiger partial charge in [-0.05, 0) is 56.1 Å². The lowest BCUT2D eigenvalue weighted by atomic mass is 9.89. The number of hydrogen-bond acceptors (Lipinski definition) is 4. The van der Waals surface area contributed by atoms with Crippen LogP contribution in [0.4, 0.5) is 0 Å². The van der Waals surface area contributed by atoms with Gasteiger partial charge in [0.1, 0.15) is 0 Å². The second-order valence-electron chi connectivity index (χ2n) is 5.17. The average Bonchev–Trinajstić information content (AvgIpc) is 2.53. The number of likely N-dealkylation sites (tertiary alicyclic amines) is 1. The Bertz CT molecular complexity index is 414. The van der Waals surface area contributed by atoms with E-state index in [9.17, 15) is 0 Å². The molecule has 2 rings (SSSR count). The van der Waals surface area contributed by atoms with E-state index in [-0.39, 0.29) is 0 Å². The lowest BCUT2D eigenvalue weighted by Gasteiger charge is -2.31. The number of piperidine rings is 1. The van der Waals surface area contributed by atoms with E-state index in [1.165, 1.54) is 18.4 Å². The Balaban J connectivity index is 2.24. The van der Waals surface area contributed by atoms with E-state index in [4.69, 9.17) is 14.2 Å². The van der Waals surface area contributed by atoms with Crippen molar-refractivity contribution in [3.8, 4) is 17.2 Å². The van der Waals surface area contributed by atoms with Crippen molar-refractivity contribution >= 4 is 0 Å².